The van der Waals surface area contributed by atoms with Crippen LogP contribution in [-0.2, 0) is 9.53 Å². The molecule has 1 heterocycles. The van der Waals surface area contributed by atoms with E-state index in [1.807, 2.05) is 11.8 Å². The summed E-state index contributed by atoms with van der Waals surface area (Å²) < 4.78 is 4.62. The highest BCUT2D eigenvalue weighted by molar-refractivity contribution is 7.99. The van der Waals surface area contributed by atoms with Crippen molar-refractivity contribution in [3.63, 3.8) is 0 Å². The van der Waals surface area contributed by atoms with Crippen LogP contribution in [0.3, 0.4) is 0 Å². The zero-order valence-corrected chi connectivity index (χ0v) is 9.24. The molecule has 1 fully saturated rings. The van der Waals surface area contributed by atoms with Gasteiger partial charge in [-0.3, -0.25) is 0 Å². The van der Waals surface area contributed by atoms with Gasteiger partial charge >= 0.3 is 5.97 Å². The lowest BCUT2D eigenvalue weighted by atomic mass is 9.82. The zero-order chi connectivity index (χ0) is 9.90. The van der Waals surface area contributed by atoms with Crippen LogP contribution in [0, 0.1) is 5.41 Å². The van der Waals surface area contributed by atoms with E-state index in [1.54, 1.807) is 6.08 Å². The van der Waals surface area contributed by atoms with E-state index in [9.17, 15) is 4.79 Å². The third-order valence-electron chi connectivity index (χ3n) is 2.49. The Morgan fingerprint density at radius 2 is 2.31 bits per heavy atom. The number of ether oxygens (including phenoxy) is 1. The highest BCUT2D eigenvalue weighted by Gasteiger charge is 2.27. The molecule has 1 aliphatic rings. The van der Waals surface area contributed by atoms with Crippen LogP contribution in [-0.4, -0.2) is 24.6 Å². The highest BCUT2D eigenvalue weighted by Crippen LogP contribution is 2.38. The first kappa shape index (κ1) is 10.6. The van der Waals surface area contributed by atoms with Crippen LogP contribution in [0.5, 0.6) is 0 Å². The summed E-state index contributed by atoms with van der Waals surface area (Å²) in [5.41, 5.74) is 1.37. The fourth-order valence-corrected chi connectivity index (χ4v) is 2.80. The first-order valence-electron chi connectivity index (χ1n) is 4.43. The molecule has 0 N–H and O–H groups in total. The lowest BCUT2D eigenvalue weighted by molar-refractivity contribution is -0.134. The van der Waals surface area contributed by atoms with Gasteiger partial charge in [0.15, 0.2) is 0 Å². The zero-order valence-electron chi connectivity index (χ0n) is 8.42. The number of carbonyl (C=O) groups excluding carboxylic acids is 1. The van der Waals surface area contributed by atoms with E-state index in [2.05, 4.69) is 18.6 Å². The minimum Gasteiger partial charge on any atom is -0.466 e. The number of hydrogen-bond donors (Lipinski definition) is 0. The van der Waals surface area contributed by atoms with Crippen LogP contribution in [0.15, 0.2) is 11.6 Å². The molecule has 0 radical (unpaired) electrons. The summed E-state index contributed by atoms with van der Waals surface area (Å²) in [4.78, 5) is 11.1. The average molecular weight is 200 g/mol. The van der Waals surface area contributed by atoms with E-state index >= 15 is 0 Å². The molecular weight excluding hydrogens is 184 g/mol. The van der Waals surface area contributed by atoms with Crippen LogP contribution < -0.4 is 0 Å². The minimum atomic E-state index is -0.231. The van der Waals surface area contributed by atoms with Crippen LogP contribution in [0.1, 0.15) is 20.3 Å². The van der Waals surface area contributed by atoms with Crippen molar-refractivity contribution in [2.45, 2.75) is 20.3 Å². The molecule has 0 aliphatic carbocycles. The maximum Gasteiger partial charge on any atom is 0.330 e. The second-order valence-electron chi connectivity index (χ2n) is 3.88. The van der Waals surface area contributed by atoms with Gasteiger partial charge in [-0.1, -0.05) is 13.8 Å². The minimum absolute atomic E-state index is 0.166. The van der Waals surface area contributed by atoms with Gasteiger partial charge < -0.3 is 4.74 Å². The molecule has 13 heavy (non-hydrogen) atoms. The molecule has 0 amide bonds. The van der Waals surface area contributed by atoms with E-state index in [0.29, 0.717) is 0 Å². The van der Waals surface area contributed by atoms with Gasteiger partial charge in [0, 0.05) is 11.8 Å². The van der Waals surface area contributed by atoms with Gasteiger partial charge in [-0.15, -0.1) is 0 Å². The average Bonchev–Trinajstić information content (AvgIpc) is 2.08. The Morgan fingerprint density at radius 3 is 2.85 bits per heavy atom. The van der Waals surface area contributed by atoms with Crippen LogP contribution >= 0.6 is 11.8 Å². The van der Waals surface area contributed by atoms with Crippen LogP contribution in [0.25, 0.3) is 0 Å². The van der Waals surface area contributed by atoms with Gasteiger partial charge in [0.05, 0.1) is 7.11 Å². The standard InChI is InChI=1S/C10H16O2S/c1-10(2)4-5-13-7-8(10)6-9(11)12-3/h6H,4-5,7H2,1-3H3/b8-6-. The van der Waals surface area contributed by atoms with E-state index in [1.165, 1.54) is 18.4 Å². The summed E-state index contributed by atoms with van der Waals surface area (Å²) in [5, 5.41) is 0. The summed E-state index contributed by atoms with van der Waals surface area (Å²) in [7, 11) is 1.42. The Balaban J connectivity index is 2.76. The van der Waals surface area contributed by atoms with Crippen molar-refractivity contribution in [2.24, 2.45) is 5.41 Å². The largest absolute Gasteiger partial charge is 0.466 e. The van der Waals surface area contributed by atoms with E-state index in [0.717, 1.165) is 12.2 Å². The molecule has 0 atom stereocenters. The molecule has 1 saturated heterocycles. The van der Waals surface area contributed by atoms with Gasteiger partial charge in [-0.25, -0.2) is 4.79 Å². The normalized spacial score (nSPS) is 24.4. The molecule has 1 rings (SSSR count). The fourth-order valence-electron chi connectivity index (χ4n) is 1.30. The first-order chi connectivity index (χ1) is 6.06. The molecule has 1 aliphatic heterocycles. The molecule has 0 saturated carbocycles. The first-order valence-corrected chi connectivity index (χ1v) is 5.58. The Bertz CT molecular complexity index is 231. The number of thioether (sulfide) groups is 1. The predicted octanol–water partition coefficient (Wildman–Crippen LogP) is 2.25. The van der Waals surface area contributed by atoms with Gasteiger partial charge in [0.2, 0.25) is 0 Å². The van der Waals surface area contributed by atoms with Crippen molar-refractivity contribution in [3.05, 3.63) is 11.6 Å². The number of esters is 1. The molecular formula is C10H16O2S. The highest BCUT2D eigenvalue weighted by atomic mass is 32.2. The number of carbonyl (C=O) groups is 1. The third-order valence-corrected chi connectivity index (χ3v) is 3.50. The summed E-state index contributed by atoms with van der Waals surface area (Å²) in [5.74, 6) is 1.92. The monoisotopic (exact) mass is 200 g/mol. The Hall–Kier alpha value is -0.440. The molecule has 0 unspecified atom stereocenters. The molecule has 74 valence electrons. The second kappa shape index (κ2) is 4.18. The second-order valence-corrected chi connectivity index (χ2v) is 4.98. The molecule has 2 nitrogen and oxygen atoms in total. The SMILES string of the molecule is COC(=O)/C=C1/CSCCC1(C)C. The van der Waals surface area contributed by atoms with Crippen LogP contribution in [0.4, 0.5) is 0 Å². The lowest BCUT2D eigenvalue weighted by Gasteiger charge is -2.32. The van der Waals surface area contributed by atoms with Gasteiger partial charge in [-0.05, 0) is 23.2 Å². The Morgan fingerprint density at radius 1 is 1.62 bits per heavy atom. The molecule has 0 bridgehead atoms. The Kier molecular flexibility index (Phi) is 3.42. The van der Waals surface area contributed by atoms with Crippen molar-refractivity contribution < 1.29 is 9.53 Å². The van der Waals surface area contributed by atoms with Gasteiger partial charge in [0.1, 0.15) is 0 Å². The third kappa shape index (κ3) is 2.76. The maximum absolute atomic E-state index is 11.1. The quantitative estimate of drug-likeness (QED) is 0.479. The van der Waals surface area contributed by atoms with Crippen LogP contribution in [0.2, 0.25) is 0 Å². The number of hydrogen-bond acceptors (Lipinski definition) is 3. The van der Waals surface area contributed by atoms with Crippen molar-refractivity contribution in [3.8, 4) is 0 Å². The fraction of sp³-hybridized carbons (Fsp3) is 0.700. The lowest BCUT2D eigenvalue weighted by Crippen LogP contribution is -2.23. The van der Waals surface area contributed by atoms with Gasteiger partial charge in [-0.2, -0.15) is 11.8 Å². The van der Waals surface area contributed by atoms with E-state index < -0.39 is 0 Å². The molecule has 3 heteroatoms. The molecule has 0 aromatic heterocycles. The van der Waals surface area contributed by atoms with E-state index in [4.69, 9.17) is 0 Å². The summed E-state index contributed by atoms with van der Waals surface area (Å²) >= 11 is 1.88. The summed E-state index contributed by atoms with van der Waals surface area (Å²) in [6.45, 7) is 4.36. The van der Waals surface area contributed by atoms with Crippen molar-refractivity contribution in [1.29, 1.82) is 0 Å². The predicted molar refractivity (Wildman–Crippen MR) is 55.8 cm³/mol. The van der Waals surface area contributed by atoms with Crippen molar-refractivity contribution >= 4 is 17.7 Å². The number of rotatable bonds is 1. The molecule has 0 aromatic carbocycles. The Labute approximate surface area is 83.7 Å². The molecule has 0 spiro atoms. The maximum atomic E-state index is 11.1. The summed E-state index contributed by atoms with van der Waals surface area (Å²) in [6, 6.07) is 0. The van der Waals surface area contributed by atoms with Gasteiger partial charge in [0.25, 0.3) is 0 Å². The number of methoxy groups -OCH3 is 1. The topological polar surface area (TPSA) is 26.3 Å². The van der Waals surface area contributed by atoms with Crippen molar-refractivity contribution in [1.82, 2.24) is 0 Å². The van der Waals surface area contributed by atoms with E-state index in [-0.39, 0.29) is 11.4 Å². The van der Waals surface area contributed by atoms with Crippen molar-refractivity contribution in [2.75, 3.05) is 18.6 Å². The summed E-state index contributed by atoms with van der Waals surface area (Å²) in [6.07, 6.45) is 2.78. The molecule has 0 aromatic rings. The smallest absolute Gasteiger partial charge is 0.330 e.